The number of hydrogen-bond donors (Lipinski definition) is 2. The van der Waals surface area contributed by atoms with E-state index in [-0.39, 0.29) is 27.2 Å². The monoisotopic (exact) mass is 464 g/mol. The first-order valence-corrected chi connectivity index (χ1v) is 11.0. The Morgan fingerprint density at radius 2 is 1.70 bits per heavy atom. The second kappa shape index (κ2) is 8.95. The summed E-state index contributed by atoms with van der Waals surface area (Å²) < 4.78 is 33.3. The fourth-order valence-electron chi connectivity index (χ4n) is 2.74. The third-order valence-electron chi connectivity index (χ3n) is 4.29. The van der Waals surface area contributed by atoms with Gasteiger partial charge in [0.2, 0.25) is 0 Å². The van der Waals surface area contributed by atoms with Gasteiger partial charge < -0.3 is 10.1 Å². The second-order valence-corrected chi connectivity index (χ2v) is 8.86. The third-order valence-corrected chi connectivity index (χ3v) is 6.41. The highest BCUT2D eigenvalue weighted by Crippen LogP contribution is 2.30. The molecule has 6 nitrogen and oxygen atoms in total. The predicted octanol–water partition coefficient (Wildman–Crippen LogP) is 5.36. The summed E-state index contributed by atoms with van der Waals surface area (Å²) in [6.45, 7) is 1.81. The summed E-state index contributed by atoms with van der Waals surface area (Å²) in [5.41, 5.74) is 1.74. The number of benzene rings is 3. The maximum Gasteiger partial charge on any atom is 0.261 e. The van der Waals surface area contributed by atoms with Crippen molar-refractivity contribution < 1.29 is 17.9 Å². The molecule has 0 bridgehead atoms. The average molecular weight is 465 g/mol. The maximum atomic E-state index is 12.8. The summed E-state index contributed by atoms with van der Waals surface area (Å²) >= 11 is 11.8. The van der Waals surface area contributed by atoms with E-state index in [0.717, 1.165) is 5.56 Å². The van der Waals surface area contributed by atoms with Gasteiger partial charge >= 0.3 is 0 Å². The molecular weight excluding hydrogens is 447 g/mol. The molecule has 0 radical (unpaired) electrons. The van der Waals surface area contributed by atoms with Crippen molar-refractivity contribution >= 4 is 50.5 Å². The van der Waals surface area contributed by atoms with E-state index in [2.05, 4.69) is 10.0 Å². The molecule has 0 aliphatic rings. The molecule has 0 heterocycles. The molecule has 0 saturated heterocycles. The normalized spacial score (nSPS) is 11.1. The van der Waals surface area contributed by atoms with E-state index in [9.17, 15) is 13.2 Å². The van der Waals surface area contributed by atoms with Gasteiger partial charge in [-0.1, -0.05) is 41.4 Å². The van der Waals surface area contributed by atoms with Crippen molar-refractivity contribution in [3.8, 4) is 5.75 Å². The molecule has 3 rings (SSSR count). The first-order valence-electron chi connectivity index (χ1n) is 8.74. The van der Waals surface area contributed by atoms with Gasteiger partial charge in [0, 0.05) is 5.56 Å². The molecule has 0 aliphatic heterocycles. The molecule has 156 valence electrons. The molecule has 0 aliphatic carbocycles. The maximum absolute atomic E-state index is 12.8. The number of ether oxygens (including phenoxy) is 1. The summed E-state index contributed by atoms with van der Waals surface area (Å²) in [4.78, 5) is 12.6. The van der Waals surface area contributed by atoms with Crippen molar-refractivity contribution in [1.29, 1.82) is 0 Å². The van der Waals surface area contributed by atoms with Crippen LogP contribution in [0.15, 0.2) is 65.6 Å². The Bertz CT molecular complexity index is 1210. The predicted molar refractivity (Wildman–Crippen MR) is 119 cm³/mol. The number of sulfonamides is 1. The van der Waals surface area contributed by atoms with Crippen LogP contribution < -0.4 is 14.8 Å². The highest BCUT2D eigenvalue weighted by Gasteiger charge is 2.19. The van der Waals surface area contributed by atoms with Crippen molar-refractivity contribution in [2.45, 2.75) is 11.8 Å². The molecule has 0 unspecified atom stereocenters. The molecule has 9 heteroatoms. The van der Waals surface area contributed by atoms with Crippen LogP contribution in [0.4, 0.5) is 11.4 Å². The number of anilines is 2. The van der Waals surface area contributed by atoms with Crippen LogP contribution in [-0.2, 0) is 10.0 Å². The Morgan fingerprint density at radius 3 is 2.37 bits per heavy atom. The van der Waals surface area contributed by atoms with E-state index in [1.807, 2.05) is 19.1 Å². The van der Waals surface area contributed by atoms with Gasteiger partial charge in [0.1, 0.15) is 5.75 Å². The number of rotatable bonds is 6. The quantitative estimate of drug-likeness (QED) is 0.513. The fraction of sp³-hybridized carbons (Fsp3) is 0.0952. The molecule has 0 fully saturated rings. The van der Waals surface area contributed by atoms with Crippen LogP contribution in [0.25, 0.3) is 0 Å². The van der Waals surface area contributed by atoms with Crippen LogP contribution in [0.1, 0.15) is 15.9 Å². The topological polar surface area (TPSA) is 84.5 Å². The highest BCUT2D eigenvalue weighted by molar-refractivity contribution is 7.92. The summed E-state index contributed by atoms with van der Waals surface area (Å²) in [6.07, 6.45) is 0. The minimum Gasteiger partial charge on any atom is -0.495 e. The lowest BCUT2D eigenvalue weighted by Crippen LogP contribution is -2.16. The lowest BCUT2D eigenvalue weighted by molar-refractivity contribution is 0.102. The minimum atomic E-state index is -3.96. The summed E-state index contributed by atoms with van der Waals surface area (Å²) in [7, 11) is -2.53. The Morgan fingerprint density at radius 1 is 0.967 bits per heavy atom. The van der Waals surface area contributed by atoms with Gasteiger partial charge in [-0.15, -0.1) is 0 Å². The Hall–Kier alpha value is -2.74. The van der Waals surface area contributed by atoms with E-state index in [1.54, 1.807) is 12.1 Å². The Labute approximate surface area is 184 Å². The zero-order chi connectivity index (χ0) is 21.9. The smallest absolute Gasteiger partial charge is 0.261 e. The number of aryl methyl sites for hydroxylation is 1. The zero-order valence-electron chi connectivity index (χ0n) is 16.1. The van der Waals surface area contributed by atoms with E-state index in [4.69, 9.17) is 27.9 Å². The minimum absolute atomic E-state index is 0.0607. The summed E-state index contributed by atoms with van der Waals surface area (Å²) in [6, 6.07) is 15.6. The lowest BCUT2D eigenvalue weighted by Gasteiger charge is -2.14. The molecule has 0 atom stereocenters. The van der Waals surface area contributed by atoms with Crippen LogP contribution in [-0.4, -0.2) is 21.4 Å². The SMILES string of the molecule is COc1ccc(S(=O)(=O)Nc2ccc(Cl)c(Cl)c2)cc1NC(=O)c1ccccc1C. The molecule has 0 saturated carbocycles. The van der Waals surface area contributed by atoms with Crippen molar-refractivity contribution in [2.24, 2.45) is 0 Å². The molecule has 1 amide bonds. The number of amides is 1. The second-order valence-electron chi connectivity index (χ2n) is 6.37. The van der Waals surface area contributed by atoms with E-state index in [0.29, 0.717) is 16.3 Å². The van der Waals surface area contributed by atoms with Crippen LogP contribution in [0, 0.1) is 6.92 Å². The number of methoxy groups -OCH3 is 1. The van der Waals surface area contributed by atoms with Crippen molar-refractivity contribution in [3.63, 3.8) is 0 Å². The van der Waals surface area contributed by atoms with Crippen molar-refractivity contribution in [2.75, 3.05) is 17.1 Å². The molecule has 0 aromatic heterocycles. The van der Waals surface area contributed by atoms with E-state index < -0.39 is 10.0 Å². The molecule has 2 N–H and O–H groups in total. The van der Waals surface area contributed by atoms with Gasteiger partial charge in [-0.25, -0.2) is 8.42 Å². The van der Waals surface area contributed by atoms with Crippen LogP contribution in [0.3, 0.4) is 0 Å². The number of hydrogen-bond acceptors (Lipinski definition) is 4. The fourth-order valence-corrected chi connectivity index (χ4v) is 4.12. The standard InChI is InChI=1S/C21H18Cl2N2O4S/c1-13-5-3-4-6-16(13)21(26)24-19-12-15(8-10-20(19)29-2)30(27,28)25-14-7-9-17(22)18(23)11-14/h3-12,25H,1-2H3,(H,24,26). The first-order chi connectivity index (χ1) is 14.2. The zero-order valence-corrected chi connectivity index (χ0v) is 18.4. The molecule has 3 aromatic carbocycles. The van der Waals surface area contributed by atoms with Crippen molar-refractivity contribution in [3.05, 3.63) is 81.8 Å². The average Bonchev–Trinajstić information content (AvgIpc) is 2.70. The van der Waals surface area contributed by atoms with Gasteiger partial charge in [0.25, 0.3) is 15.9 Å². The van der Waals surface area contributed by atoms with Crippen LogP contribution in [0.5, 0.6) is 5.75 Å². The van der Waals surface area contributed by atoms with E-state index in [1.165, 1.54) is 43.5 Å². The largest absolute Gasteiger partial charge is 0.495 e. The van der Waals surface area contributed by atoms with Crippen molar-refractivity contribution in [1.82, 2.24) is 0 Å². The summed E-state index contributed by atoms with van der Waals surface area (Å²) in [5, 5.41) is 3.25. The van der Waals surface area contributed by atoms with Crippen LogP contribution >= 0.6 is 23.2 Å². The van der Waals surface area contributed by atoms with Crippen LogP contribution in [0.2, 0.25) is 10.0 Å². The number of carbonyl (C=O) groups is 1. The molecule has 30 heavy (non-hydrogen) atoms. The molecule has 3 aromatic rings. The third kappa shape index (κ3) is 4.87. The first kappa shape index (κ1) is 22.0. The lowest BCUT2D eigenvalue weighted by atomic mass is 10.1. The van der Waals surface area contributed by atoms with Gasteiger partial charge in [0.05, 0.1) is 33.4 Å². The molecule has 0 spiro atoms. The Balaban J connectivity index is 1.92. The highest BCUT2D eigenvalue weighted by atomic mass is 35.5. The van der Waals surface area contributed by atoms with Gasteiger partial charge in [0.15, 0.2) is 0 Å². The van der Waals surface area contributed by atoms with E-state index >= 15 is 0 Å². The van der Waals surface area contributed by atoms with Gasteiger partial charge in [-0.05, 0) is 55.0 Å². The molecular formula is C21H18Cl2N2O4S. The van der Waals surface area contributed by atoms with Gasteiger partial charge in [-0.3, -0.25) is 9.52 Å². The Kier molecular flexibility index (Phi) is 6.55. The number of halogens is 2. The summed E-state index contributed by atoms with van der Waals surface area (Å²) in [5.74, 6) is -0.0520. The van der Waals surface area contributed by atoms with Gasteiger partial charge in [-0.2, -0.15) is 0 Å². The number of carbonyl (C=O) groups excluding carboxylic acids is 1. The number of nitrogens with one attached hydrogen (secondary N) is 2.